The number of hydrogen-bond donors (Lipinski definition) is 0. The molecule has 0 saturated heterocycles. The monoisotopic (exact) mass is 286 g/mol. The average molecular weight is 288 g/mol. The normalized spacial score (nSPS) is 10.6. The molecular weight excluding hydrogens is 279 g/mol. The van der Waals surface area contributed by atoms with Crippen LogP contribution in [0.2, 0.25) is 15.3 Å². The maximum Gasteiger partial charge on any atom is 0.162 e. The molecule has 2 rings (SSSR count). The van der Waals surface area contributed by atoms with E-state index in [1.165, 1.54) is 0 Å². The van der Waals surface area contributed by atoms with Crippen LogP contribution in [0.25, 0.3) is 11.4 Å². The fourth-order valence-electron chi connectivity index (χ4n) is 1.45. The lowest BCUT2D eigenvalue weighted by Gasteiger charge is -2.06. The van der Waals surface area contributed by atoms with Gasteiger partial charge in [-0.1, -0.05) is 41.7 Å². The Morgan fingerprint density at radius 2 is 1.47 bits per heavy atom. The third kappa shape index (κ3) is 2.71. The Bertz CT molecular complexity index is 515. The van der Waals surface area contributed by atoms with Gasteiger partial charge in [-0.15, -0.1) is 0 Å². The Labute approximate surface area is 115 Å². The lowest BCUT2D eigenvalue weighted by molar-refractivity contribution is 1.05. The first kappa shape index (κ1) is 12.6. The van der Waals surface area contributed by atoms with Gasteiger partial charge in [-0.05, 0) is 30.7 Å². The van der Waals surface area contributed by atoms with E-state index in [0.717, 1.165) is 11.1 Å². The average Bonchev–Trinajstić information content (AvgIpc) is 2.29. The molecule has 0 radical (unpaired) electrons. The third-order valence-electron chi connectivity index (χ3n) is 2.36. The third-order valence-corrected chi connectivity index (χ3v) is 3.24. The first-order valence-corrected chi connectivity index (χ1v) is 6.23. The molecule has 0 unspecified atom stereocenters. The number of benzene rings is 1. The van der Waals surface area contributed by atoms with Crippen LogP contribution in [-0.4, -0.2) is 9.97 Å². The number of nitrogens with zero attached hydrogens (tertiary/aromatic N) is 2. The summed E-state index contributed by atoms with van der Waals surface area (Å²) in [6.07, 6.45) is 0.707. The van der Waals surface area contributed by atoms with Gasteiger partial charge in [0.15, 0.2) is 5.82 Å². The van der Waals surface area contributed by atoms with Crippen LogP contribution in [0.15, 0.2) is 24.3 Å². The zero-order valence-corrected chi connectivity index (χ0v) is 11.3. The lowest BCUT2D eigenvalue weighted by Crippen LogP contribution is -1.96. The number of halogens is 3. The molecule has 0 saturated carbocycles. The van der Waals surface area contributed by atoms with Crippen molar-refractivity contribution in [1.82, 2.24) is 9.97 Å². The predicted octanol–water partition coefficient (Wildman–Crippen LogP) is 4.67. The zero-order valence-electron chi connectivity index (χ0n) is 9.04. The highest BCUT2D eigenvalue weighted by molar-refractivity contribution is 6.34. The molecule has 88 valence electrons. The van der Waals surface area contributed by atoms with Gasteiger partial charge in [0, 0.05) is 16.1 Å². The Balaban J connectivity index is 2.50. The molecule has 5 heteroatoms. The summed E-state index contributed by atoms with van der Waals surface area (Å²) in [5.41, 5.74) is 1.60. The van der Waals surface area contributed by atoms with Crippen LogP contribution in [0.3, 0.4) is 0 Å². The maximum atomic E-state index is 6.05. The Morgan fingerprint density at radius 3 is 1.94 bits per heavy atom. The van der Waals surface area contributed by atoms with Crippen molar-refractivity contribution in [2.75, 3.05) is 0 Å². The molecule has 0 bridgehead atoms. The van der Waals surface area contributed by atoms with Gasteiger partial charge in [0.25, 0.3) is 0 Å². The molecule has 0 spiro atoms. The van der Waals surface area contributed by atoms with Crippen molar-refractivity contribution >= 4 is 34.8 Å². The summed E-state index contributed by atoms with van der Waals surface area (Å²) >= 11 is 17.9. The van der Waals surface area contributed by atoms with Crippen molar-refractivity contribution in [3.8, 4) is 11.4 Å². The second-order valence-corrected chi connectivity index (χ2v) is 4.62. The minimum atomic E-state index is 0.400. The highest BCUT2D eigenvalue weighted by atomic mass is 35.5. The smallest absolute Gasteiger partial charge is 0.162 e. The zero-order chi connectivity index (χ0) is 12.4. The first-order valence-electron chi connectivity index (χ1n) is 5.09. The van der Waals surface area contributed by atoms with Crippen LogP contribution in [-0.2, 0) is 6.42 Å². The van der Waals surface area contributed by atoms with Crippen LogP contribution in [0.5, 0.6) is 0 Å². The van der Waals surface area contributed by atoms with E-state index in [9.17, 15) is 0 Å². The number of hydrogen-bond acceptors (Lipinski definition) is 2. The van der Waals surface area contributed by atoms with Crippen LogP contribution in [0.4, 0.5) is 0 Å². The van der Waals surface area contributed by atoms with E-state index < -0.39 is 0 Å². The first-order chi connectivity index (χ1) is 8.11. The maximum absolute atomic E-state index is 6.05. The Kier molecular flexibility index (Phi) is 3.87. The molecule has 0 atom stereocenters. The number of rotatable bonds is 2. The summed E-state index contributed by atoms with van der Waals surface area (Å²) in [5.74, 6) is 0.508. The summed E-state index contributed by atoms with van der Waals surface area (Å²) in [5, 5.41) is 1.46. The second-order valence-electron chi connectivity index (χ2n) is 3.47. The van der Waals surface area contributed by atoms with Gasteiger partial charge in [-0.3, -0.25) is 0 Å². The van der Waals surface area contributed by atoms with E-state index in [0.29, 0.717) is 27.6 Å². The van der Waals surface area contributed by atoms with Gasteiger partial charge in [0.2, 0.25) is 0 Å². The summed E-state index contributed by atoms with van der Waals surface area (Å²) in [7, 11) is 0. The van der Waals surface area contributed by atoms with Crippen LogP contribution in [0.1, 0.15) is 12.5 Å². The van der Waals surface area contributed by atoms with Crippen molar-refractivity contribution in [2.24, 2.45) is 0 Å². The van der Waals surface area contributed by atoms with E-state index in [1.54, 1.807) is 12.1 Å². The van der Waals surface area contributed by atoms with Crippen molar-refractivity contribution in [3.05, 3.63) is 45.2 Å². The molecule has 0 aliphatic rings. The van der Waals surface area contributed by atoms with Crippen molar-refractivity contribution in [2.45, 2.75) is 13.3 Å². The minimum Gasteiger partial charge on any atom is -0.216 e. The SMILES string of the molecule is CCc1c(Cl)nc(-c2ccc(Cl)cc2)nc1Cl. The van der Waals surface area contributed by atoms with Crippen LogP contribution >= 0.6 is 34.8 Å². The van der Waals surface area contributed by atoms with Crippen molar-refractivity contribution < 1.29 is 0 Å². The molecule has 2 nitrogen and oxygen atoms in total. The highest BCUT2D eigenvalue weighted by Crippen LogP contribution is 2.26. The van der Waals surface area contributed by atoms with Gasteiger partial charge in [-0.2, -0.15) is 0 Å². The molecule has 0 aliphatic heterocycles. The van der Waals surface area contributed by atoms with E-state index in [4.69, 9.17) is 34.8 Å². The molecule has 0 amide bonds. The van der Waals surface area contributed by atoms with E-state index in [-0.39, 0.29) is 0 Å². The molecule has 17 heavy (non-hydrogen) atoms. The van der Waals surface area contributed by atoms with Gasteiger partial charge in [-0.25, -0.2) is 9.97 Å². The summed E-state index contributed by atoms with van der Waals surface area (Å²) in [6, 6.07) is 7.21. The van der Waals surface area contributed by atoms with Crippen molar-refractivity contribution in [1.29, 1.82) is 0 Å². The van der Waals surface area contributed by atoms with Gasteiger partial charge < -0.3 is 0 Å². The molecule has 0 N–H and O–H groups in total. The van der Waals surface area contributed by atoms with Crippen molar-refractivity contribution in [3.63, 3.8) is 0 Å². The molecule has 1 aromatic heterocycles. The van der Waals surface area contributed by atoms with Gasteiger partial charge in [0.05, 0.1) is 0 Å². The Hall–Kier alpha value is -0.830. The van der Waals surface area contributed by atoms with E-state index in [1.807, 2.05) is 19.1 Å². The van der Waals surface area contributed by atoms with E-state index >= 15 is 0 Å². The quantitative estimate of drug-likeness (QED) is 0.750. The van der Waals surface area contributed by atoms with Gasteiger partial charge >= 0.3 is 0 Å². The number of aromatic nitrogens is 2. The minimum absolute atomic E-state index is 0.400. The lowest BCUT2D eigenvalue weighted by atomic mass is 10.2. The topological polar surface area (TPSA) is 25.8 Å². The Morgan fingerprint density at radius 1 is 0.941 bits per heavy atom. The molecule has 2 aromatic rings. The largest absolute Gasteiger partial charge is 0.216 e. The molecule has 0 aliphatic carbocycles. The predicted molar refractivity (Wildman–Crippen MR) is 71.9 cm³/mol. The fourth-order valence-corrected chi connectivity index (χ4v) is 2.23. The highest BCUT2D eigenvalue weighted by Gasteiger charge is 2.11. The van der Waals surface area contributed by atoms with E-state index in [2.05, 4.69) is 9.97 Å². The molecule has 1 aromatic carbocycles. The van der Waals surface area contributed by atoms with Crippen LogP contribution in [0, 0.1) is 0 Å². The second kappa shape index (κ2) is 5.21. The standard InChI is InChI=1S/C12H9Cl3N2/c1-2-9-10(14)16-12(17-11(9)15)7-3-5-8(13)6-4-7/h3-6H,2H2,1H3. The summed E-state index contributed by atoms with van der Waals surface area (Å²) in [6.45, 7) is 1.96. The molecule has 0 fully saturated rings. The summed E-state index contributed by atoms with van der Waals surface area (Å²) in [4.78, 5) is 8.46. The molecule has 1 heterocycles. The molecular formula is C12H9Cl3N2. The van der Waals surface area contributed by atoms with Crippen LogP contribution < -0.4 is 0 Å². The van der Waals surface area contributed by atoms with Gasteiger partial charge in [0.1, 0.15) is 10.3 Å². The fraction of sp³-hybridized carbons (Fsp3) is 0.167. The summed E-state index contributed by atoms with van der Waals surface area (Å²) < 4.78 is 0.